The third-order valence-corrected chi connectivity index (χ3v) is 4.79. The van der Waals surface area contributed by atoms with Gasteiger partial charge in [-0.05, 0) is 12.8 Å². The van der Waals surface area contributed by atoms with Gasteiger partial charge in [-0.15, -0.1) is 0 Å². The second-order valence-electron chi connectivity index (χ2n) is 4.52. The lowest BCUT2D eigenvalue weighted by atomic mass is 10.2. The molecule has 0 aliphatic carbocycles. The van der Waals surface area contributed by atoms with Crippen LogP contribution in [-0.2, 0) is 9.84 Å². The standard InChI is InChI=1S/C11H13N5O3S/c17-20(18)3-1-9(2-4-20)19-11-5-10(13-7-14-11)16-8-12-6-15-16/h5-9H,1-4H2. The molecule has 1 aliphatic heterocycles. The van der Waals surface area contributed by atoms with Crippen molar-refractivity contribution in [2.45, 2.75) is 18.9 Å². The van der Waals surface area contributed by atoms with E-state index < -0.39 is 9.84 Å². The molecule has 0 saturated carbocycles. The molecule has 9 heteroatoms. The maximum Gasteiger partial charge on any atom is 0.218 e. The Morgan fingerprint density at radius 1 is 1.20 bits per heavy atom. The fourth-order valence-electron chi connectivity index (χ4n) is 2.00. The molecule has 3 heterocycles. The highest BCUT2D eigenvalue weighted by atomic mass is 32.2. The van der Waals surface area contributed by atoms with Crippen LogP contribution in [0, 0.1) is 0 Å². The topological polar surface area (TPSA) is 99.9 Å². The van der Waals surface area contributed by atoms with E-state index in [2.05, 4.69) is 20.1 Å². The average molecular weight is 295 g/mol. The number of rotatable bonds is 3. The third kappa shape index (κ3) is 2.93. The predicted octanol–water partition coefficient (Wildman–Crippen LogP) is 0.0133. The zero-order chi connectivity index (χ0) is 14.0. The number of hydrogen-bond acceptors (Lipinski definition) is 7. The maximum atomic E-state index is 11.4. The second kappa shape index (κ2) is 5.16. The third-order valence-electron chi connectivity index (χ3n) is 3.07. The minimum Gasteiger partial charge on any atom is -0.474 e. The monoisotopic (exact) mass is 295 g/mol. The summed E-state index contributed by atoms with van der Waals surface area (Å²) in [5.74, 6) is 1.29. The van der Waals surface area contributed by atoms with Crippen molar-refractivity contribution in [3.63, 3.8) is 0 Å². The molecule has 0 amide bonds. The van der Waals surface area contributed by atoms with Crippen molar-refractivity contribution in [3.05, 3.63) is 25.0 Å². The quantitative estimate of drug-likeness (QED) is 0.786. The van der Waals surface area contributed by atoms with Gasteiger partial charge in [0.2, 0.25) is 5.88 Å². The molecule has 1 aliphatic rings. The van der Waals surface area contributed by atoms with Crippen LogP contribution >= 0.6 is 0 Å². The zero-order valence-corrected chi connectivity index (χ0v) is 11.4. The van der Waals surface area contributed by atoms with Crippen LogP contribution in [0.5, 0.6) is 5.88 Å². The Hall–Kier alpha value is -2.03. The van der Waals surface area contributed by atoms with Crippen LogP contribution < -0.4 is 4.74 Å². The van der Waals surface area contributed by atoms with Gasteiger partial charge >= 0.3 is 0 Å². The van der Waals surface area contributed by atoms with Crippen molar-refractivity contribution >= 4 is 9.84 Å². The first-order valence-electron chi connectivity index (χ1n) is 6.16. The van der Waals surface area contributed by atoms with Crippen LogP contribution in [0.1, 0.15) is 12.8 Å². The molecule has 1 fully saturated rings. The van der Waals surface area contributed by atoms with Crippen LogP contribution in [0.25, 0.3) is 5.82 Å². The summed E-state index contributed by atoms with van der Waals surface area (Å²) < 4.78 is 29.9. The van der Waals surface area contributed by atoms with Crippen LogP contribution in [0.15, 0.2) is 25.0 Å². The summed E-state index contributed by atoms with van der Waals surface area (Å²) in [7, 11) is -2.89. The second-order valence-corrected chi connectivity index (χ2v) is 6.83. The molecule has 0 bridgehead atoms. The summed E-state index contributed by atoms with van der Waals surface area (Å²) in [5.41, 5.74) is 0. The van der Waals surface area contributed by atoms with Crippen molar-refractivity contribution in [1.29, 1.82) is 0 Å². The smallest absolute Gasteiger partial charge is 0.218 e. The van der Waals surface area contributed by atoms with Crippen LogP contribution in [0.4, 0.5) is 0 Å². The molecule has 1 saturated heterocycles. The molecule has 0 aromatic carbocycles. The van der Waals surface area contributed by atoms with Crippen LogP contribution in [0.3, 0.4) is 0 Å². The van der Waals surface area contributed by atoms with Gasteiger partial charge in [0.05, 0.1) is 11.5 Å². The average Bonchev–Trinajstić information content (AvgIpc) is 2.96. The highest BCUT2D eigenvalue weighted by Gasteiger charge is 2.25. The largest absolute Gasteiger partial charge is 0.474 e. The van der Waals surface area contributed by atoms with E-state index in [1.165, 1.54) is 23.7 Å². The van der Waals surface area contributed by atoms with Crippen molar-refractivity contribution < 1.29 is 13.2 Å². The van der Waals surface area contributed by atoms with Crippen molar-refractivity contribution in [3.8, 4) is 11.7 Å². The molecule has 0 radical (unpaired) electrons. The Labute approximate surface area is 115 Å². The zero-order valence-electron chi connectivity index (χ0n) is 10.6. The molecule has 8 nitrogen and oxygen atoms in total. The van der Waals surface area contributed by atoms with Crippen molar-refractivity contribution in [2.24, 2.45) is 0 Å². The molecule has 0 atom stereocenters. The minimum atomic E-state index is -2.89. The Balaban J connectivity index is 1.71. The summed E-state index contributed by atoms with van der Waals surface area (Å²) in [4.78, 5) is 12.0. The molecule has 0 unspecified atom stereocenters. The molecule has 0 N–H and O–H groups in total. The summed E-state index contributed by atoms with van der Waals surface area (Å²) in [6.07, 6.45) is 5.17. The van der Waals surface area contributed by atoms with Gasteiger partial charge in [-0.2, -0.15) is 5.10 Å². The highest BCUT2D eigenvalue weighted by Crippen LogP contribution is 2.19. The minimum absolute atomic E-state index is 0.128. The molecule has 3 rings (SSSR count). The lowest BCUT2D eigenvalue weighted by molar-refractivity contribution is 0.181. The number of sulfone groups is 1. The fourth-order valence-corrected chi connectivity index (χ4v) is 3.45. The first-order chi connectivity index (χ1) is 9.62. The van der Waals surface area contributed by atoms with E-state index in [1.54, 1.807) is 6.07 Å². The van der Waals surface area contributed by atoms with Gasteiger partial charge in [-0.1, -0.05) is 0 Å². The lowest BCUT2D eigenvalue weighted by Gasteiger charge is -2.22. The van der Waals surface area contributed by atoms with E-state index in [4.69, 9.17) is 4.74 Å². The number of aromatic nitrogens is 5. The number of ether oxygens (including phenoxy) is 1. The fraction of sp³-hybridized carbons (Fsp3) is 0.455. The molecule has 0 spiro atoms. The van der Waals surface area contributed by atoms with E-state index in [9.17, 15) is 8.42 Å². The summed E-state index contributed by atoms with van der Waals surface area (Å²) in [6, 6.07) is 1.65. The SMILES string of the molecule is O=S1(=O)CCC(Oc2cc(-n3cncn3)ncn2)CC1. The molecule has 2 aromatic heterocycles. The molecule has 20 heavy (non-hydrogen) atoms. The first kappa shape index (κ1) is 13.0. The van der Waals surface area contributed by atoms with E-state index in [0.29, 0.717) is 24.5 Å². The van der Waals surface area contributed by atoms with Crippen molar-refractivity contribution in [2.75, 3.05) is 11.5 Å². The molecular weight excluding hydrogens is 282 g/mol. The van der Waals surface area contributed by atoms with E-state index in [1.807, 2.05) is 0 Å². The maximum absolute atomic E-state index is 11.4. The number of nitrogens with zero attached hydrogens (tertiary/aromatic N) is 5. The first-order valence-corrected chi connectivity index (χ1v) is 7.99. The highest BCUT2D eigenvalue weighted by molar-refractivity contribution is 7.91. The Morgan fingerprint density at radius 3 is 2.70 bits per heavy atom. The predicted molar refractivity (Wildman–Crippen MR) is 69.3 cm³/mol. The molecule has 2 aromatic rings. The molecular formula is C11H13N5O3S. The molecule has 106 valence electrons. The lowest BCUT2D eigenvalue weighted by Crippen LogP contribution is -2.30. The summed E-state index contributed by atoms with van der Waals surface area (Å²) >= 11 is 0. The van der Waals surface area contributed by atoms with Gasteiger partial charge in [0.25, 0.3) is 0 Å². The normalized spacial score (nSPS) is 18.8. The van der Waals surface area contributed by atoms with Gasteiger partial charge in [0.15, 0.2) is 15.7 Å². The Morgan fingerprint density at radius 2 is 2.00 bits per heavy atom. The van der Waals surface area contributed by atoms with Gasteiger partial charge < -0.3 is 4.74 Å². The van der Waals surface area contributed by atoms with E-state index in [0.717, 1.165) is 0 Å². The van der Waals surface area contributed by atoms with Crippen LogP contribution in [-0.4, -0.2) is 50.8 Å². The van der Waals surface area contributed by atoms with Gasteiger partial charge in [0, 0.05) is 6.07 Å². The summed E-state index contributed by atoms with van der Waals surface area (Å²) in [6.45, 7) is 0. The Bertz CT molecular complexity index is 672. The van der Waals surface area contributed by atoms with E-state index in [-0.39, 0.29) is 17.6 Å². The van der Waals surface area contributed by atoms with Gasteiger partial charge in [-0.3, -0.25) is 0 Å². The summed E-state index contributed by atoms with van der Waals surface area (Å²) in [5, 5.41) is 3.97. The van der Waals surface area contributed by atoms with E-state index >= 15 is 0 Å². The Kier molecular flexibility index (Phi) is 3.35. The van der Waals surface area contributed by atoms with Gasteiger partial charge in [-0.25, -0.2) is 28.1 Å². The van der Waals surface area contributed by atoms with Gasteiger partial charge in [0.1, 0.15) is 25.1 Å². The van der Waals surface area contributed by atoms with Crippen LogP contribution in [0.2, 0.25) is 0 Å². The van der Waals surface area contributed by atoms with Crippen molar-refractivity contribution in [1.82, 2.24) is 24.7 Å². The number of hydrogen-bond donors (Lipinski definition) is 0.